The Morgan fingerprint density at radius 2 is 2.11 bits per heavy atom. The molecule has 0 spiro atoms. The molecule has 0 radical (unpaired) electrons. The Morgan fingerprint density at radius 1 is 1.30 bits per heavy atom. The molecule has 1 amide bonds. The van der Waals surface area contributed by atoms with Crippen LogP contribution in [0.5, 0.6) is 5.75 Å². The number of fused-ring (bicyclic) bond motifs is 1. The van der Waals surface area contributed by atoms with Crippen molar-refractivity contribution in [3.8, 4) is 11.8 Å². The highest BCUT2D eigenvalue weighted by molar-refractivity contribution is 8.03. The van der Waals surface area contributed by atoms with Gasteiger partial charge in [0.05, 0.1) is 36.3 Å². The van der Waals surface area contributed by atoms with Gasteiger partial charge in [-0.2, -0.15) is 5.26 Å². The van der Waals surface area contributed by atoms with E-state index in [0.29, 0.717) is 13.1 Å². The number of carbonyl (C=O) groups excluding carboxylic acids is 1. The monoisotopic (exact) mass is 397 g/mol. The number of carbonyl (C=O) groups is 1. The molecule has 3 heterocycles. The maximum Gasteiger partial charge on any atom is 0.229 e. The molecule has 2 aliphatic rings. The molecule has 1 saturated heterocycles. The molecular weight excluding hydrogens is 378 g/mol. The number of benzene rings is 1. The standard InChI is InChI=1S/C20H19N3O2S2/c1-25-15-6-4-14(5-7-15)11-22-12-23-19(24)9-16(18-3-2-8-26-18)17(10-21)20(23)27-13-22/h2-8,16H,9,11-13H2,1H3/t16-/m1/s1. The number of amides is 1. The Balaban J connectivity index is 1.53. The number of rotatable bonds is 4. The fraction of sp³-hybridized carbons (Fsp3) is 0.300. The van der Waals surface area contributed by atoms with E-state index in [0.717, 1.165) is 33.7 Å². The van der Waals surface area contributed by atoms with Crippen LogP contribution in [0.3, 0.4) is 0 Å². The van der Waals surface area contributed by atoms with Gasteiger partial charge in [0.25, 0.3) is 0 Å². The van der Waals surface area contributed by atoms with Gasteiger partial charge in [-0.1, -0.05) is 30.0 Å². The molecule has 0 N–H and O–H groups in total. The number of thioether (sulfide) groups is 1. The summed E-state index contributed by atoms with van der Waals surface area (Å²) in [6.07, 6.45) is 0.365. The van der Waals surface area contributed by atoms with E-state index >= 15 is 0 Å². The highest BCUT2D eigenvalue weighted by Crippen LogP contribution is 2.43. The molecule has 2 aromatic rings. The summed E-state index contributed by atoms with van der Waals surface area (Å²) in [5.74, 6) is 1.58. The van der Waals surface area contributed by atoms with E-state index in [1.807, 2.05) is 41.8 Å². The average Bonchev–Trinajstić information content (AvgIpc) is 3.23. The largest absolute Gasteiger partial charge is 0.497 e. The topological polar surface area (TPSA) is 56.6 Å². The van der Waals surface area contributed by atoms with Crippen molar-refractivity contribution in [3.63, 3.8) is 0 Å². The lowest BCUT2D eigenvalue weighted by Crippen LogP contribution is -2.46. The summed E-state index contributed by atoms with van der Waals surface area (Å²) in [7, 11) is 1.66. The number of nitrogens with zero attached hydrogens (tertiary/aromatic N) is 3. The highest BCUT2D eigenvalue weighted by atomic mass is 32.2. The zero-order valence-corrected chi connectivity index (χ0v) is 16.6. The Labute approximate surface area is 166 Å². The second-order valence-corrected chi connectivity index (χ2v) is 8.43. The van der Waals surface area contributed by atoms with Gasteiger partial charge < -0.3 is 4.74 Å². The van der Waals surface area contributed by atoms with Crippen molar-refractivity contribution < 1.29 is 9.53 Å². The quantitative estimate of drug-likeness (QED) is 0.781. The van der Waals surface area contributed by atoms with Crippen LogP contribution >= 0.6 is 23.1 Å². The summed E-state index contributed by atoms with van der Waals surface area (Å²) < 4.78 is 5.20. The molecule has 7 heteroatoms. The SMILES string of the molecule is COc1ccc(CN2CSC3=C(C#N)[C@H](c4cccs4)CC(=O)N3C2)cc1. The van der Waals surface area contributed by atoms with Gasteiger partial charge in [-0.15, -0.1) is 11.3 Å². The third-order valence-electron chi connectivity index (χ3n) is 4.80. The molecule has 0 bridgehead atoms. The summed E-state index contributed by atoms with van der Waals surface area (Å²) in [5, 5.41) is 12.6. The van der Waals surface area contributed by atoms with Crippen molar-refractivity contribution in [1.29, 1.82) is 5.26 Å². The van der Waals surface area contributed by atoms with E-state index in [-0.39, 0.29) is 11.8 Å². The van der Waals surface area contributed by atoms with E-state index < -0.39 is 0 Å². The fourth-order valence-corrected chi connectivity index (χ4v) is 5.40. The predicted molar refractivity (Wildman–Crippen MR) is 107 cm³/mol. The number of hydrogen-bond acceptors (Lipinski definition) is 6. The van der Waals surface area contributed by atoms with E-state index in [4.69, 9.17) is 4.74 Å². The first kappa shape index (κ1) is 18.1. The Kier molecular flexibility index (Phi) is 5.21. The summed E-state index contributed by atoms with van der Waals surface area (Å²) in [5.41, 5.74) is 1.90. The second-order valence-electron chi connectivity index (χ2n) is 6.52. The van der Waals surface area contributed by atoms with Crippen molar-refractivity contribution in [2.45, 2.75) is 18.9 Å². The molecule has 5 nitrogen and oxygen atoms in total. The van der Waals surface area contributed by atoms with Crippen LogP contribution in [0.15, 0.2) is 52.4 Å². The molecule has 1 fully saturated rings. The number of allylic oxidation sites excluding steroid dienone is 1. The molecule has 2 aliphatic heterocycles. The minimum absolute atomic E-state index is 0.0920. The molecule has 0 saturated carbocycles. The zero-order chi connectivity index (χ0) is 18.8. The maximum atomic E-state index is 12.8. The molecule has 27 heavy (non-hydrogen) atoms. The number of nitriles is 1. The van der Waals surface area contributed by atoms with Crippen molar-refractivity contribution in [1.82, 2.24) is 9.80 Å². The second kappa shape index (κ2) is 7.77. The molecule has 0 aliphatic carbocycles. The first-order valence-corrected chi connectivity index (χ1v) is 10.5. The minimum Gasteiger partial charge on any atom is -0.497 e. The van der Waals surface area contributed by atoms with Crippen LogP contribution in [0.4, 0.5) is 0 Å². The molecule has 138 valence electrons. The summed E-state index contributed by atoms with van der Waals surface area (Å²) >= 11 is 3.20. The van der Waals surface area contributed by atoms with Gasteiger partial charge in [-0.25, -0.2) is 0 Å². The van der Waals surface area contributed by atoms with Crippen LogP contribution < -0.4 is 4.74 Å². The maximum absolute atomic E-state index is 12.8. The number of hydrogen-bond donors (Lipinski definition) is 0. The first-order valence-electron chi connectivity index (χ1n) is 8.65. The summed E-state index contributed by atoms with van der Waals surface area (Å²) in [6, 6.07) is 14.3. The van der Waals surface area contributed by atoms with Crippen LogP contribution in [0.25, 0.3) is 0 Å². The van der Waals surface area contributed by atoms with Gasteiger partial charge in [0.1, 0.15) is 5.75 Å². The van der Waals surface area contributed by atoms with Crippen LogP contribution in [0.1, 0.15) is 22.8 Å². The van der Waals surface area contributed by atoms with Crippen molar-refractivity contribution in [3.05, 3.63) is 62.8 Å². The molecule has 1 aromatic carbocycles. The Hall–Kier alpha value is -2.27. The van der Waals surface area contributed by atoms with Crippen LogP contribution in [0, 0.1) is 11.3 Å². The fourth-order valence-electron chi connectivity index (χ4n) is 3.43. The molecule has 4 rings (SSSR count). The lowest BCUT2D eigenvalue weighted by Gasteiger charge is -2.41. The smallest absolute Gasteiger partial charge is 0.229 e. The number of thiophene rings is 1. The van der Waals surface area contributed by atoms with E-state index in [1.165, 1.54) is 5.56 Å². The van der Waals surface area contributed by atoms with Gasteiger partial charge >= 0.3 is 0 Å². The predicted octanol–water partition coefficient (Wildman–Crippen LogP) is 3.97. The zero-order valence-electron chi connectivity index (χ0n) is 14.9. The first-order chi connectivity index (χ1) is 13.2. The van der Waals surface area contributed by atoms with Gasteiger partial charge in [-0.3, -0.25) is 14.6 Å². The van der Waals surface area contributed by atoms with E-state index in [9.17, 15) is 10.1 Å². The normalized spacial score (nSPS) is 20.4. The Morgan fingerprint density at radius 3 is 2.78 bits per heavy atom. The summed E-state index contributed by atoms with van der Waals surface area (Å²) in [4.78, 5) is 17.9. The van der Waals surface area contributed by atoms with Crippen molar-refractivity contribution in [2.75, 3.05) is 19.7 Å². The third kappa shape index (κ3) is 3.61. The molecular formula is C20H19N3O2S2. The molecule has 1 aromatic heterocycles. The lowest BCUT2D eigenvalue weighted by molar-refractivity contribution is -0.131. The van der Waals surface area contributed by atoms with Crippen LogP contribution in [-0.4, -0.2) is 35.4 Å². The highest BCUT2D eigenvalue weighted by Gasteiger charge is 2.38. The molecule has 1 atom stereocenters. The minimum atomic E-state index is -0.102. The van der Waals surface area contributed by atoms with Crippen LogP contribution in [-0.2, 0) is 11.3 Å². The van der Waals surface area contributed by atoms with Crippen molar-refractivity contribution in [2.24, 2.45) is 0 Å². The van der Waals surface area contributed by atoms with Gasteiger partial charge in [0.2, 0.25) is 5.91 Å². The van der Waals surface area contributed by atoms with Gasteiger partial charge in [0, 0.05) is 23.8 Å². The van der Waals surface area contributed by atoms with Gasteiger partial charge in [0.15, 0.2) is 0 Å². The number of methoxy groups -OCH3 is 1. The average molecular weight is 398 g/mol. The number of ether oxygens (including phenoxy) is 1. The molecule has 0 unspecified atom stereocenters. The Bertz CT molecular complexity index is 900. The van der Waals surface area contributed by atoms with Crippen LogP contribution in [0.2, 0.25) is 0 Å². The lowest BCUT2D eigenvalue weighted by atomic mass is 9.92. The van der Waals surface area contributed by atoms with Gasteiger partial charge in [-0.05, 0) is 29.1 Å². The summed E-state index contributed by atoms with van der Waals surface area (Å²) in [6.45, 7) is 1.28. The van der Waals surface area contributed by atoms with Crippen molar-refractivity contribution >= 4 is 29.0 Å². The van der Waals surface area contributed by atoms with E-state index in [1.54, 1.807) is 35.1 Å². The van der Waals surface area contributed by atoms with E-state index in [2.05, 4.69) is 11.0 Å². The third-order valence-corrected chi connectivity index (χ3v) is 7.00.